The van der Waals surface area contributed by atoms with Crippen molar-refractivity contribution in [2.24, 2.45) is 0 Å². The molecule has 1 unspecified atom stereocenters. The summed E-state index contributed by atoms with van der Waals surface area (Å²) in [6.07, 6.45) is 14.3. The number of rotatable bonds is 6. The fourth-order valence-electron chi connectivity index (χ4n) is 6.72. The van der Waals surface area contributed by atoms with Crippen LogP contribution in [0.4, 0.5) is 0 Å². The van der Waals surface area contributed by atoms with Gasteiger partial charge in [-0.1, -0.05) is 24.3 Å². The molecule has 0 bridgehead atoms. The van der Waals surface area contributed by atoms with E-state index in [0.717, 1.165) is 49.4 Å². The number of ether oxygens (including phenoxy) is 4. The van der Waals surface area contributed by atoms with E-state index in [1.807, 2.05) is 39.8 Å². The summed E-state index contributed by atoms with van der Waals surface area (Å²) >= 11 is 0. The minimum atomic E-state index is -0.541. The highest BCUT2D eigenvalue weighted by Gasteiger charge is 2.39. The van der Waals surface area contributed by atoms with Crippen molar-refractivity contribution in [2.45, 2.75) is 89.3 Å². The van der Waals surface area contributed by atoms with Crippen molar-refractivity contribution in [1.82, 2.24) is 0 Å². The summed E-state index contributed by atoms with van der Waals surface area (Å²) in [7, 11) is 2.98. The Bertz CT molecular complexity index is 1570. The van der Waals surface area contributed by atoms with Gasteiger partial charge in [-0.05, 0) is 82.6 Å². The zero-order valence-corrected chi connectivity index (χ0v) is 26.3. The Balaban J connectivity index is 0.000000175. The molecular weight excluding hydrogens is 560 g/mol. The maximum absolute atomic E-state index is 12.5. The van der Waals surface area contributed by atoms with Crippen molar-refractivity contribution in [3.63, 3.8) is 0 Å². The number of carbonyl (C=O) groups excluding carboxylic acids is 4. The molecule has 2 heterocycles. The molecule has 8 nitrogen and oxygen atoms in total. The third-order valence-corrected chi connectivity index (χ3v) is 8.64. The number of methoxy groups -OCH3 is 2. The molecule has 0 radical (unpaired) electrons. The predicted octanol–water partition coefficient (Wildman–Crippen LogP) is 7.37. The molecule has 0 fully saturated rings. The maximum Gasteiger partial charge on any atom is 0.174 e. The molecule has 0 spiro atoms. The highest BCUT2D eigenvalue weighted by Crippen LogP contribution is 2.46. The molecule has 232 valence electrons. The Kier molecular flexibility index (Phi) is 8.56. The molecule has 2 aromatic rings. The second kappa shape index (κ2) is 12.1. The summed E-state index contributed by atoms with van der Waals surface area (Å²) in [6, 6.07) is 3.71. The van der Waals surface area contributed by atoms with Crippen molar-refractivity contribution < 1.29 is 38.1 Å². The highest BCUT2D eigenvalue weighted by molar-refractivity contribution is 6.06. The third kappa shape index (κ3) is 5.82. The van der Waals surface area contributed by atoms with Gasteiger partial charge in [0.15, 0.2) is 24.1 Å². The summed E-state index contributed by atoms with van der Waals surface area (Å²) in [5, 5.41) is 0. The standard InChI is InChI=1S/2C18H20O4/c2*1-18(2)9-14(20)16-15(22-18)8-12(11-6-4-5-7-11)13(10-19)17(16)21-3/h4,6,8,10-11H,5,7,9H2,1-3H3;4-5,8,10-11H,6-7,9H2,1-3H3. The minimum Gasteiger partial charge on any atom is -0.495 e. The predicted molar refractivity (Wildman–Crippen MR) is 166 cm³/mol. The van der Waals surface area contributed by atoms with E-state index in [1.165, 1.54) is 14.2 Å². The Labute approximate surface area is 258 Å². The van der Waals surface area contributed by atoms with Crippen LogP contribution in [0.3, 0.4) is 0 Å². The number of hydrogen-bond donors (Lipinski definition) is 0. The Morgan fingerprint density at radius 1 is 0.750 bits per heavy atom. The van der Waals surface area contributed by atoms with E-state index in [0.29, 0.717) is 45.3 Å². The van der Waals surface area contributed by atoms with Crippen LogP contribution in [-0.4, -0.2) is 49.6 Å². The van der Waals surface area contributed by atoms with E-state index in [9.17, 15) is 19.2 Å². The number of allylic oxidation sites excluding steroid dienone is 4. The van der Waals surface area contributed by atoms with E-state index in [-0.39, 0.29) is 36.2 Å². The van der Waals surface area contributed by atoms with E-state index in [2.05, 4.69) is 24.3 Å². The topological polar surface area (TPSA) is 105 Å². The molecule has 2 aromatic carbocycles. The lowest BCUT2D eigenvalue weighted by atomic mass is 9.86. The Hall–Kier alpha value is -4.20. The quantitative estimate of drug-likeness (QED) is 0.250. The summed E-state index contributed by atoms with van der Waals surface area (Å²) in [4.78, 5) is 48.2. The highest BCUT2D eigenvalue weighted by atomic mass is 16.5. The molecule has 2 aliphatic carbocycles. The van der Waals surface area contributed by atoms with Crippen LogP contribution in [-0.2, 0) is 0 Å². The maximum atomic E-state index is 12.5. The molecule has 8 heteroatoms. The Morgan fingerprint density at radius 3 is 1.66 bits per heavy atom. The first-order valence-corrected chi connectivity index (χ1v) is 15.1. The molecule has 2 aliphatic heterocycles. The SMILES string of the molecule is COc1c(C=O)c(C2C=CCC2)cc2c1C(=O)CC(C)(C)O2.COc1c(C=O)c(C2CC=CC2)cc2c1C(=O)CC(C)(C)O2. The normalized spacial score (nSPS) is 20.9. The first kappa shape index (κ1) is 31.2. The van der Waals surface area contributed by atoms with E-state index in [1.54, 1.807) is 0 Å². The molecule has 6 rings (SSSR count). The summed E-state index contributed by atoms with van der Waals surface area (Å²) < 4.78 is 22.8. The Morgan fingerprint density at radius 2 is 1.23 bits per heavy atom. The van der Waals surface area contributed by atoms with Crippen LogP contribution in [0.2, 0.25) is 0 Å². The van der Waals surface area contributed by atoms with Crippen molar-refractivity contribution in [2.75, 3.05) is 14.2 Å². The van der Waals surface area contributed by atoms with Crippen LogP contribution in [0.1, 0.15) is 131 Å². The first-order valence-electron chi connectivity index (χ1n) is 15.1. The van der Waals surface area contributed by atoms with E-state index < -0.39 is 11.2 Å². The van der Waals surface area contributed by atoms with Crippen LogP contribution >= 0.6 is 0 Å². The monoisotopic (exact) mass is 600 g/mol. The van der Waals surface area contributed by atoms with Gasteiger partial charge >= 0.3 is 0 Å². The molecule has 0 amide bonds. The van der Waals surface area contributed by atoms with E-state index >= 15 is 0 Å². The number of hydrogen-bond acceptors (Lipinski definition) is 8. The van der Waals surface area contributed by atoms with Gasteiger partial charge in [-0.3, -0.25) is 19.2 Å². The van der Waals surface area contributed by atoms with Gasteiger partial charge in [0, 0.05) is 5.92 Å². The molecular formula is C36H40O8. The zero-order valence-electron chi connectivity index (χ0n) is 26.3. The van der Waals surface area contributed by atoms with Crippen molar-refractivity contribution >= 4 is 24.1 Å². The molecule has 0 saturated heterocycles. The molecule has 0 N–H and O–H groups in total. The van der Waals surface area contributed by atoms with Gasteiger partial charge in [-0.2, -0.15) is 0 Å². The average molecular weight is 601 g/mol. The number of benzene rings is 2. The summed E-state index contributed by atoms with van der Waals surface area (Å²) in [6.45, 7) is 7.57. The van der Waals surface area contributed by atoms with Gasteiger partial charge in [-0.25, -0.2) is 0 Å². The van der Waals surface area contributed by atoms with Crippen LogP contribution in [0.5, 0.6) is 23.0 Å². The molecule has 0 saturated carbocycles. The largest absolute Gasteiger partial charge is 0.495 e. The van der Waals surface area contributed by atoms with Crippen LogP contribution < -0.4 is 18.9 Å². The fraction of sp³-hybridized carbons (Fsp3) is 0.444. The number of fused-ring (bicyclic) bond motifs is 2. The lowest BCUT2D eigenvalue weighted by Gasteiger charge is -2.33. The van der Waals surface area contributed by atoms with Gasteiger partial charge in [-0.15, -0.1) is 0 Å². The average Bonchev–Trinajstić information content (AvgIpc) is 3.69. The fourth-order valence-corrected chi connectivity index (χ4v) is 6.72. The van der Waals surface area contributed by atoms with Gasteiger partial charge < -0.3 is 18.9 Å². The molecule has 1 atom stereocenters. The number of ketones is 2. The van der Waals surface area contributed by atoms with Crippen LogP contribution in [0, 0.1) is 0 Å². The van der Waals surface area contributed by atoms with Gasteiger partial charge in [0.1, 0.15) is 45.3 Å². The van der Waals surface area contributed by atoms with Gasteiger partial charge in [0.2, 0.25) is 0 Å². The van der Waals surface area contributed by atoms with Crippen molar-refractivity contribution in [3.8, 4) is 23.0 Å². The molecule has 0 aromatic heterocycles. The van der Waals surface area contributed by atoms with E-state index in [4.69, 9.17) is 18.9 Å². The van der Waals surface area contributed by atoms with Crippen molar-refractivity contribution in [3.05, 3.63) is 69.8 Å². The molecule has 44 heavy (non-hydrogen) atoms. The lowest BCUT2D eigenvalue weighted by Crippen LogP contribution is -2.36. The number of aldehydes is 2. The molecule has 4 aliphatic rings. The van der Waals surface area contributed by atoms with Crippen LogP contribution in [0.25, 0.3) is 0 Å². The smallest absolute Gasteiger partial charge is 0.174 e. The summed E-state index contributed by atoms with van der Waals surface area (Å²) in [5.74, 6) is 2.09. The minimum absolute atomic E-state index is 0.0395. The lowest BCUT2D eigenvalue weighted by molar-refractivity contribution is 0.0600. The van der Waals surface area contributed by atoms with Gasteiger partial charge in [0.25, 0.3) is 0 Å². The van der Waals surface area contributed by atoms with Gasteiger partial charge in [0.05, 0.1) is 38.2 Å². The first-order chi connectivity index (χ1) is 20.9. The van der Waals surface area contributed by atoms with Crippen molar-refractivity contribution in [1.29, 1.82) is 0 Å². The van der Waals surface area contributed by atoms with Crippen LogP contribution in [0.15, 0.2) is 36.4 Å². The number of Topliss-reactive ketones (excluding diaryl/α,β-unsaturated/α-hetero) is 2. The second-order valence-corrected chi connectivity index (χ2v) is 13.0. The number of carbonyl (C=O) groups is 4. The third-order valence-electron chi connectivity index (χ3n) is 8.64. The second-order valence-electron chi connectivity index (χ2n) is 13.0. The summed E-state index contributed by atoms with van der Waals surface area (Å²) in [5.41, 5.74) is 2.45. The zero-order chi connectivity index (χ0) is 31.8.